The maximum atomic E-state index is 11.3. The van der Waals surface area contributed by atoms with Gasteiger partial charge in [-0.2, -0.15) is 0 Å². The van der Waals surface area contributed by atoms with Crippen molar-refractivity contribution in [3.63, 3.8) is 0 Å². The lowest BCUT2D eigenvalue weighted by Crippen LogP contribution is -2.37. The topological polar surface area (TPSA) is 58.6 Å². The molecule has 2 aromatic carbocycles. The van der Waals surface area contributed by atoms with Gasteiger partial charge in [-0.05, 0) is 29.3 Å². The standard InChI is InChI=1S/C16H19NO3/c1-11(16(19)20-2)17-10-15(18)14-8-7-12-5-3-4-6-13(12)9-14/h3-9,11,15,17-18H,10H2,1-2H3. The number of ether oxygens (including phenoxy) is 1. The molecule has 4 nitrogen and oxygen atoms in total. The molecule has 2 atom stereocenters. The first-order chi connectivity index (χ1) is 9.61. The quantitative estimate of drug-likeness (QED) is 0.818. The van der Waals surface area contributed by atoms with Crippen LogP contribution < -0.4 is 5.32 Å². The highest BCUT2D eigenvalue weighted by Crippen LogP contribution is 2.20. The Labute approximate surface area is 118 Å². The van der Waals surface area contributed by atoms with Crippen molar-refractivity contribution in [1.82, 2.24) is 5.32 Å². The Morgan fingerprint density at radius 1 is 1.25 bits per heavy atom. The normalized spacial score (nSPS) is 13.9. The minimum Gasteiger partial charge on any atom is -0.468 e. The van der Waals surface area contributed by atoms with E-state index in [-0.39, 0.29) is 5.97 Å². The summed E-state index contributed by atoms with van der Waals surface area (Å²) in [5, 5.41) is 15.4. The number of nitrogens with one attached hydrogen (secondary N) is 1. The van der Waals surface area contributed by atoms with Crippen molar-refractivity contribution in [2.75, 3.05) is 13.7 Å². The number of aliphatic hydroxyl groups excluding tert-OH is 1. The highest BCUT2D eigenvalue weighted by molar-refractivity contribution is 5.83. The summed E-state index contributed by atoms with van der Waals surface area (Å²) in [6.45, 7) is 2.01. The molecule has 2 aromatic rings. The van der Waals surface area contributed by atoms with Gasteiger partial charge in [-0.15, -0.1) is 0 Å². The molecule has 20 heavy (non-hydrogen) atoms. The van der Waals surface area contributed by atoms with Crippen molar-refractivity contribution in [2.24, 2.45) is 0 Å². The molecule has 0 radical (unpaired) electrons. The molecule has 2 unspecified atom stereocenters. The van der Waals surface area contributed by atoms with Gasteiger partial charge in [0.25, 0.3) is 0 Å². The molecule has 0 amide bonds. The number of hydrogen-bond acceptors (Lipinski definition) is 4. The van der Waals surface area contributed by atoms with Crippen LogP contribution in [0.3, 0.4) is 0 Å². The number of methoxy groups -OCH3 is 1. The molecule has 0 spiro atoms. The van der Waals surface area contributed by atoms with Crippen molar-refractivity contribution in [1.29, 1.82) is 0 Å². The molecule has 4 heteroatoms. The summed E-state index contributed by atoms with van der Waals surface area (Å²) >= 11 is 0. The fraction of sp³-hybridized carbons (Fsp3) is 0.312. The van der Waals surface area contributed by atoms with E-state index in [4.69, 9.17) is 0 Å². The molecule has 0 bridgehead atoms. The number of fused-ring (bicyclic) bond motifs is 1. The van der Waals surface area contributed by atoms with E-state index in [2.05, 4.69) is 10.1 Å². The van der Waals surface area contributed by atoms with Gasteiger partial charge in [0, 0.05) is 6.54 Å². The number of benzene rings is 2. The minimum atomic E-state index is -0.660. The molecule has 2 rings (SSSR count). The summed E-state index contributed by atoms with van der Waals surface area (Å²) in [5.41, 5.74) is 0.827. The number of hydrogen-bond donors (Lipinski definition) is 2. The fourth-order valence-electron chi connectivity index (χ4n) is 2.08. The second-order valence-electron chi connectivity index (χ2n) is 4.78. The lowest BCUT2D eigenvalue weighted by Gasteiger charge is -2.16. The third-order valence-electron chi connectivity index (χ3n) is 3.33. The van der Waals surface area contributed by atoms with Crippen LogP contribution in [0, 0.1) is 0 Å². The number of esters is 1. The molecule has 106 valence electrons. The van der Waals surface area contributed by atoms with E-state index in [0.717, 1.165) is 16.3 Å². The summed E-state index contributed by atoms with van der Waals surface area (Å²) in [4.78, 5) is 11.3. The van der Waals surface area contributed by atoms with Gasteiger partial charge in [0.2, 0.25) is 0 Å². The van der Waals surface area contributed by atoms with Crippen LogP contribution >= 0.6 is 0 Å². The Kier molecular flexibility index (Phi) is 4.71. The first-order valence-electron chi connectivity index (χ1n) is 6.60. The monoisotopic (exact) mass is 273 g/mol. The number of carbonyl (C=O) groups excluding carboxylic acids is 1. The van der Waals surface area contributed by atoms with E-state index in [0.29, 0.717) is 6.54 Å². The van der Waals surface area contributed by atoms with Gasteiger partial charge in [-0.1, -0.05) is 36.4 Å². The lowest BCUT2D eigenvalue weighted by atomic mass is 10.0. The Balaban J connectivity index is 2.04. The van der Waals surface area contributed by atoms with Gasteiger partial charge in [0.1, 0.15) is 6.04 Å². The van der Waals surface area contributed by atoms with E-state index < -0.39 is 12.1 Å². The largest absolute Gasteiger partial charge is 0.468 e. The molecule has 0 saturated heterocycles. The highest BCUT2D eigenvalue weighted by atomic mass is 16.5. The van der Waals surface area contributed by atoms with E-state index in [1.165, 1.54) is 7.11 Å². The average molecular weight is 273 g/mol. The van der Waals surface area contributed by atoms with Gasteiger partial charge in [0.05, 0.1) is 13.2 Å². The van der Waals surface area contributed by atoms with Crippen LogP contribution in [0.4, 0.5) is 0 Å². The zero-order chi connectivity index (χ0) is 14.5. The third-order valence-corrected chi connectivity index (χ3v) is 3.33. The maximum absolute atomic E-state index is 11.3. The molecular weight excluding hydrogens is 254 g/mol. The van der Waals surface area contributed by atoms with E-state index in [9.17, 15) is 9.90 Å². The fourth-order valence-corrected chi connectivity index (χ4v) is 2.08. The van der Waals surface area contributed by atoms with Gasteiger partial charge in [-0.3, -0.25) is 4.79 Å². The first kappa shape index (κ1) is 14.5. The summed E-state index contributed by atoms with van der Waals surface area (Å²) in [5.74, 6) is -0.337. The zero-order valence-electron chi connectivity index (χ0n) is 11.7. The van der Waals surface area contributed by atoms with Crippen LogP contribution in [0.25, 0.3) is 10.8 Å². The van der Waals surface area contributed by atoms with Crippen LogP contribution in [0.5, 0.6) is 0 Å². The Hall–Kier alpha value is -1.91. The van der Waals surface area contributed by atoms with Gasteiger partial charge in [0.15, 0.2) is 0 Å². The van der Waals surface area contributed by atoms with Crippen LogP contribution in [0.15, 0.2) is 42.5 Å². The van der Waals surface area contributed by atoms with E-state index in [1.54, 1.807) is 6.92 Å². The Bertz CT molecular complexity index is 597. The predicted octanol–water partition coefficient (Wildman–Crippen LogP) is 2.02. The van der Waals surface area contributed by atoms with Crippen molar-refractivity contribution >= 4 is 16.7 Å². The summed E-state index contributed by atoms with van der Waals surface area (Å²) in [6, 6.07) is 13.4. The smallest absolute Gasteiger partial charge is 0.322 e. The number of rotatable bonds is 5. The third kappa shape index (κ3) is 3.35. The van der Waals surface area contributed by atoms with Gasteiger partial charge in [-0.25, -0.2) is 0 Å². The summed E-state index contributed by atoms with van der Waals surface area (Å²) in [7, 11) is 1.35. The number of carbonyl (C=O) groups is 1. The lowest BCUT2D eigenvalue weighted by molar-refractivity contribution is -0.142. The van der Waals surface area contributed by atoms with Crippen molar-refractivity contribution in [3.8, 4) is 0 Å². The molecule has 0 aliphatic rings. The average Bonchev–Trinajstić information content (AvgIpc) is 2.50. The number of aliphatic hydroxyl groups is 1. The second kappa shape index (κ2) is 6.50. The Morgan fingerprint density at radius 2 is 1.95 bits per heavy atom. The highest BCUT2D eigenvalue weighted by Gasteiger charge is 2.15. The summed E-state index contributed by atoms with van der Waals surface area (Å²) in [6.07, 6.45) is -0.660. The molecular formula is C16H19NO3. The minimum absolute atomic E-state index is 0.300. The van der Waals surface area contributed by atoms with E-state index >= 15 is 0 Å². The van der Waals surface area contributed by atoms with Gasteiger partial charge < -0.3 is 15.2 Å². The zero-order valence-corrected chi connectivity index (χ0v) is 11.7. The van der Waals surface area contributed by atoms with Crippen LogP contribution in [-0.4, -0.2) is 30.8 Å². The van der Waals surface area contributed by atoms with Gasteiger partial charge >= 0.3 is 5.97 Å². The van der Waals surface area contributed by atoms with Crippen molar-refractivity contribution in [2.45, 2.75) is 19.1 Å². The van der Waals surface area contributed by atoms with Crippen molar-refractivity contribution in [3.05, 3.63) is 48.0 Å². The molecule has 0 aliphatic heterocycles. The molecule has 0 aliphatic carbocycles. The van der Waals surface area contributed by atoms with Crippen LogP contribution in [0.2, 0.25) is 0 Å². The maximum Gasteiger partial charge on any atom is 0.322 e. The molecule has 0 fully saturated rings. The molecule has 2 N–H and O–H groups in total. The SMILES string of the molecule is COC(=O)C(C)NCC(O)c1ccc2ccccc2c1. The van der Waals surface area contributed by atoms with Crippen LogP contribution in [0.1, 0.15) is 18.6 Å². The first-order valence-corrected chi connectivity index (χ1v) is 6.60. The predicted molar refractivity (Wildman–Crippen MR) is 78.4 cm³/mol. The summed E-state index contributed by atoms with van der Waals surface area (Å²) < 4.78 is 4.62. The van der Waals surface area contributed by atoms with Crippen molar-refractivity contribution < 1.29 is 14.6 Å². The molecule has 0 aromatic heterocycles. The van der Waals surface area contributed by atoms with Crippen LogP contribution in [-0.2, 0) is 9.53 Å². The molecule has 0 saturated carbocycles. The Morgan fingerprint density at radius 3 is 2.65 bits per heavy atom. The molecule has 0 heterocycles. The second-order valence-corrected chi connectivity index (χ2v) is 4.78. The van der Waals surface area contributed by atoms with E-state index in [1.807, 2.05) is 42.5 Å².